The van der Waals surface area contributed by atoms with Crippen LogP contribution in [0, 0.1) is 0 Å². The first-order valence-corrected chi connectivity index (χ1v) is 15.7. The van der Waals surface area contributed by atoms with E-state index in [9.17, 15) is 19.2 Å². The van der Waals surface area contributed by atoms with Gasteiger partial charge in [0.2, 0.25) is 0 Å². The van der Waals surface area contributed by atoms with Crippen LogP contribution in [0.5, 0.6) is 0 Å². The number of carboxylic acids is 4. The van der Waals surface area contributed by atoms with Crippen molar-refractivity contribution in [3.8, 4) is 0 Å². The predicted octanol–water partition coefficient (Wildman–Crippen LogP) is 4.89. The summed E-state index contributed by atoms with van der Waals surface area (Å²) >= 11 is 15.9. The van der Waals surface area contributed by atoms with Crippen molar-refractivity contribution in [3.63, 3.8) is 0 Å². The van der Waals surface area contributed by atoms with E-state index in [0.29, 0.717) is 11.5 Å². The Balaban J connectivity index is -0.0000000664. The van der Waals surface area contributed by atoms with Crippen molar-refractivity contribution in [2.24, 2.45) is 0 Å². The first-order valence-electron chi connectivity index (χ1n) is 8.58. The highest BCUT2D eigenvalue weighted by Gasteiger charge is 1.88. The Labute approximate surface area is 233 Å². The molecule has 0 radical (unpaired) electrons. The second kappa shape index (κ2) is 49.7. The Bertz CT molecular complexity index is 384. The zero-order chi connectivity index (χ0) is 27.5. The third-order valence-electron chi connectivity index (χ3n) is 1.43. The molecule has 0 rings (SSSR count). The monoisotopic (exact) mass is 630 g/mol. The number of hydrogen-bond donors (Lipinski definition) is 10. The van der Waals surface area contributed by atoms with Gasteiger partial charge in [-0.2, -0.15) is 50.5 Å². The lowest BCUT2D eigenvalue weighted by atomic mass is 10.5. The topological polar surface area (TPSA) is 190 Å². The molecule has 0 unspecified atom stereocenters. The zero-order valence-electron chi connectivity index (χ0n) is 18.1. The van der Waals surface area contributed by atoms with Gasteiger partial charge in [-0.25, -0.2) is 0 Å². The smallest absolute Gasteiger partial charge is 0.313 e. The highest BCUT2D eigenvalue weighted by molar-refractivity contribution is 8.74. The fourth-order valence-corrected chi connectivity index (χ4v) is 2.13. The highest BCUT2D eigenvalue weighted by atomic mass is 33.1. The van der Waals surface area contributed by atoms with Crippen LogP contribution < -0.4 is 0 Å². The molecule has 0 amide bonds. The first-order chi connectivity index (χ1) is 15.4. The lowest BCUT2D eigenvalue weighted by molar-refractivity contribution is -0.137. The van der Waals surface area contributed by atoms with Crippen LogP contribution in [0.15, 0.2) is 0 Å². The molecular weight excluding hydrogens is 597 g/mol. The number of rotatable bonds is 11. The van der Waals surface area contributed by atoms with Crippen LogP contribution in [0.25, 0.3) is 0 Å². The van der Waals surface area contributed by atoms with Gasteiger partial charge >= 0.3 is 23.9 Å². The minimum absolute atomic E-state index is 0.0833. The van der Waals surface area contributed by atoms with E-state index in [0.717, 1.165) is 40.1 Å². The fraction of sp³-hybridized carbons (Fsp3) is 0.733. The van der Waals surface area contributed by atoms with Gasteiger partial charge in [-0.15, -0.1) is 0 Å². The zero-order valence-corrected chi connectivity index (χ0v) is 24.9. The molecule has 18 heteroatoms. The van der Waals surface area contributed by atoms with Gasteiger partial charge in [0.1, 0.15) is 0 Å². The lowest BCUT2D eigenvalue weighted by Crippen LogP contribution is -1.93. The maximum atomic E-state index is 9.55. The molecule has 0 spiro atoms. The normalized spacial score (nSPS) is 8.12. The first kappa shape index (κ1) is 46.9. The Morgan fingerprint density at radius 2 is 0.939 bits per heavy atom. The van der Waals surface area contributed by atoms with E-state index < -0.39 is 23.9 Å². The van der Waals surface area contributed by atoms with Crippen molar-refractivity contribution in [3.05, 3.63) is 0 Å². The van der Waals surface area contributed by atoms with E-state index in [4.69, 9.17) is 29.5 Å². The maximum Gasteiger partial charge on any atom is 0.313 e. The molecule has 0 aliphatic heterocycles. The minimum atomic E-state index is -0.881. The number of carbonyl (C=O) groups is 4. The number of aliphatic carboxylic acids is 4. The predicted molar refractivity (Wildman–Crippen MR) is 157 cm³/mol. The summed E-state index contributed by atoms with van der Waals surface area (Å²) in [6.07, 6.45) is 1.45. The number of carboxylic acid groups (broad SMARTS) is 4. The van der Waals surface area contributed by atoms with Gasteiger partial charge in [0.15, 0.2) is 0 Å². The molecule has 0 bridgehead atoms. The van der Waals surface area contributed by atoms with Crippen LogP contribution in [0.2, 0.25) is 0 Å². The van der Waals surface area contributed by atoms with Crippen LogP contribution in [0.4, 0.5) is 0 Å². The molecule has 0 saturated heterocycles. The van der Waals surface area contributed by atoms with E-state index in [1.54, 1.807) is 0 Å². The van der Waals surface area contributed by atoms with Gasteiger partial charge in [0.25, 0.3) is 0 Å². The summed E-state index contributed by atoms with van der Waals surface area (Å²) < 4.78 is 16.0. The molecule has 0 aliphatic carbocycles. The van der Waals surface area contributed by atoms with Crippen molar-refractivity contribution >= 4 is 118 Å². The van der Waals surface area contributed by atoms with Crippen LogP contribution in [-0.2, 0) is 19.2 Å². The second-order valence-electron chi connectivity index (χ2n) is 4.22. The van der Waals surface area contributed by atoms with E-state index in [-0.39, 0.29) is 24.3 Å². The van der Waals surface area contributed by atoms with E-state index in [1.807, 2.05) is 6.92 Å². The third kappa shape index (κ3) is 125. The molecule has 0 aliphatic rings. The van der Waals surface area contributed by atoms with Crippen LogP contribution in [0.3, 0.4) is 0 Å². The summed E-state index contributed by atoms with van der Waals surface area (Å²) in [5, 5.41) is 31.0. The Kier molecular flexibility index (Phi) is 70.6. The third-order valence-corrected chi connectivity index (χ3v) is 5.28. The van der Waals surface area contributed by atoms with Crippen molar-refractivity contribution in [1.82, 2.24) is 0 Å². The summed E-state index contributed by atoms with van der Waals surface area (Å²) in [6, 6.07) is 0. The summed E-state index contributed by atoms with van der Waals surface area (Å²) in [6.45, 7) is 4.08. The van der Waals surface area contributed by atoms with Gasteiger partial charge in [0, 0.05) is 23.0 Å². The molecule has 0 heterocycles. The number of hydrogen-bond acceptors (Lipinski definition) is 14. The Morgan fingerprint density at radius 1 is 0.636 bits per heavy atom. The van der Waals surface area contributed by atoms with Crippen molar-refractivity contribution in [2.45, 2.75) is 33.1 Å². The standard InChI is InChI=1S/2C3H6O2S.C3H8OS2.2C2H4O2S.C2H6OS2/c2*4-3(5)1-2-6;1-2-3-5-6-4;2*3-2(4)1-5;1-2-4-5-3/h2*6H,1-2H2,(H,4,5);4H,2-3H2,1H3;2*5H,1H2,(H,3,4);3H,2H2,1H3. The molecule has 10 nitrogen and oxygen atoms in total. The molecule has 0 aromatic rings. The molecule has 0 atom stereocenters. The molecular formula is C15H34O10S8. The van der Waals surface area contributed by atoms with Crippen LogP contribution >= 0.6 is 94.3 Å². The van der Waals surface area contributed by atoms with E-state index in [1.165, 1.54) is 21.6 Å². The molecule has 202 valence electrons. The molecule has 0 fully saturated rings. The maximum absolute atomic E-state index is 9.55. The Hall–Kier alpha value is 0.600. The highest BCUT2D eigenvalue weighted by Crippen LogP contribution is 2.16. The van der Waals surface area contributed by atoms with E-state index in [2.05, 4.69) is 57.4 Å². The summed E-state index contributed by atoms with van der Waals surface area (Å²) in [5.74, 6) is -0.635. The average molecular weight is 631 g/mol. The largest absolute Gasteiger partial charge is 0.481 e. The lowest BCUT2D eigenvalue weighted by Gasteiger charge is -1.84. The quantitative estimate of drug-likeness (QED) is 0.0642. The molecule has 0 aromatic carbocycles. The molecule has 0 aromatic heterocycles. The van der Waals surface area contributed by atoms with Crippen LogP contribution in [0.1, 0.15) is 33.1 Å². The minimum Gasteiger partial charge on any atom is -0.481 e. The van der Waals surface area contributed by atoms with Crippen molar-refractivity contribution in [2.75, 3.05) is 34.5 Å². The number of thiol groups is 4. The van der Waals surface area contributed by atoms with Crippen molar-refractivity contribution in [1.29, 1.82) is 0 Å². The second-order valence-corrected chi connectivity index (χ2v) is 9.81. The van der Waals surface area contributed by atoms with Crippen LogP contribution in [-0.4, -0.2) is 87.9 Å². The molecule has 33 heavy (non-hydrogen) atoms. The van der Waals surface area contributed by atoms with Gasteiger partial charge in [0.05, 0.1) is 46.5 Å². The summed E-state index contributed by atoms with van der Waals surface area (Å²) in [4.78, 5) is 37.7. The van der Waals surface area contributed by atoms with E-state index >= 15 is 0 Å². The molecule has 0 saturated carbocycles. The summed E-state index contributed by atoms with van der Waals surface area (Å²) in [7, 11) is 2.92. The summed E-state index contributed by atoms with van der Waals surface area (Å²) in [5.41, 5.74) is 0. The SMILES string of the molecule is CCCSSO.CCSSO.O=C(O)CCS.O=C(O)CCS.O=C(O)CS.O=C(O)CS. The van der Waals surface area contributed by atoms with Gasteiger partial charge in [-0.3, -0.25) is 19.2 Å². The average Bonchev–Trinajstić information content (AvgIpc) is 2.74. The van der Waals surface area contributed by atoms with Crippen molar-refractivity contribution < 1.29 is 48.7 Å². The van der Waals surface area contributed by atoms with Gasteiger partial charge in [-0.1, -0.05) is 35.4 Å². The van der Waals surface area contributed by atoms with Gasteiger partial charge < -0.3 is 29.5 Å². The Morgan fingerprint density at radius 3 is 0.970 bits per heavy atom. The fourth-order valence-electron chi connectivity index (χ4n) is 0.365. The van der Waals surface area contributed by atoms with Gasteiger partial charge in [-0.05, 0) is 6.42 Å². The molecule has 6 N–H and O–H groups in total.